The molecule has 1 aromatic rings. The zero-order valence-electron chi connectivity index (χ0n) is 14.7. The number of hydrogen-bond acceptors (Lipinski definition) is 3. The first-order chi connectivity index (χ1) is 12.0. The summed E-state index contributed by atoms with van der Waals surface area (Å²) in [6.07, 6.45) is 2.48. The van der Waals surface area contributed by atoms with Crippen molar-refractivity contribution in [1.29, 1.82) is 0 Å². The number of rotatable bonds is 7. The third-order valence-corrected chi connectivity index (χ3v) is 4.68. The Morgan fingerprint density at radius 3 is 2.60 bits per heavy atom. The molecule has 1 aliphatic rings. The maximum absolute atomic E-state index is 12.7. The van der Waals surface area contributed by atoms with Crippen molar-refractivity contribution in [2.75, 3.05) is 26.2 Å². The summed E-state index contributed by atoms with van der Waals surface area (Å²) in [5, 5.41) is 3.33. The highest BCUT2D eigenvalue weighted by Crippen LogP contribution is 2.15. The molecule has 7 heteroatoms. The third kappa shape index (κ3) is 6.21. The molecule has 0 aromatic heterocycles. The molecule has 1 aromatic carbocycles. The summed E-state index contributed by atoms with van der Waals surface area (Å²) in [4.78, 5) is 28.0. The zero-order valence-corrected chi connectivity index (χ0v) is 15.5. The molecule has 25 heavy (non-hydrogen) atoms. The smallest absolute Gasteiger partial charge is 0.312 e. The second kappa shape index (κ2) is 9.63. The van der Waals surface area contributed by atoms with E-state index in [1.807, 2.05) is 23.1 Å². The highest BCUT2D eigenvalue weighted by Gasteiger charge is 2.27. The Morgan fingerprint density at radius 1 is 1.28 bits per heavy atom. The van der Waals surface area contributed by atoms with Crippen molar-refractivity contribution >= 4 is 23.5 Å². The molecule has 138 valence electrons. The van der Waals surface area contributed by atoms with Gasteiger partial charge >= 0.3 is 6.03 Å². The summed E-state index contributed by atoms with van der Waals surface area (Å²) in [6, 6.07) is 6.68. The number of unbranched alkanes of at least 4 members (excludes halogenated alkanes) is 1. The molecule has 3 N–H and O–H groups in total. The van der Waals surface area contributed by atoms with E-state index in [9.17, 15) is 9.59 Å². The molecule has 1 atom stereocenters. The molecular weight excluding hydrogens is 340 g/mol. The van der Waals surface area contributed by atoms with Crippen LogP contribution in [0.25, 0.3) is 0 Å². The Bertz CT molecular complexity index is 588. The summed E-state index contributed by atoms with van der Waals surface area (Å²) in [6.45, 7) is 5.79. The number of nitrogens with zero attached hydrogens (tertiary/aromatic N) is 2. The maximum atomic E-state index is 12.7. The number of urea groups is 1. The van der Waals surface area contributed by atoms with E-state index in [1.54, 1.807) is 0 Å². The van der Waals surface area contributed by atoms with Crippen LogP contribution in [0.3, 0.4) is 0 Å². The van der Waals surface area contributed by atoms with Crippen LogP contribution < -0.4 is 11.1 Å². The Labute approximate surface area is 154 Å². The van der Waals surface area contributed by atoms with Crippen LogP contribution in [0.1, 0.15) is 31.7 Å². The first-order valence-electron chi connectivity index (χ1n) is 8.81. The van der Waals surface area contributed by atoms with E-state index >= 15 is 0 Å². The van der Waals surface area contributed by atoms with Gasteiger partial charge in [0, 0.05) is 37.7 Å². The van der Waals surface area contributed by atoms with Crippen molar-refractivity contribution in [1.82, 2.24) is 15.1 Å². The number of carbonyl (C=O) groups is 2. The quantitative estimate of drug-likeness (QED) is 0.776. The molecule has 1 heterocycles. The van der Waals surface area contributed by atoms with Gasteiger partial charge in [0.1, 0.15) is 6.04 Å². The molecule has 0 spiro atoms. The van der Waals surface area contributed by atoms with E-state index in [1.165, 1.54) is 5.56 Å². The molecule has 1 unspecified atom stereocenters. The van der Waals surface area contributed by atoms with Crippen LogP contribution in [-0.4, -0.2) is 54.0 Å². The van der Waals surface area contributed by atoms with Gasteiger partial charge in [-0.25, -0.2) is 4.79 Å². The van der Waals surface area contributed by atoms with Gasteiger partial charge in [-0.05, 0) is 24.1 Å². The minimum absolute atomic E-state index is 0.0327. The average molecular weight is 367 g/mol. The van der Waals surface area contributed by atoms with Gasteiger partial charge in [0.05, 0.1) is 0 Å². The van der Waals surface area contributed by atoms with Crippen molar-refractivity contribution < 1.29 is 9.59 Å². The fourth-order valence-electron chi connectivity index (χ4n) is 3.08. The summed E-state index contributed by atoms with van der Waals surface area (Å²) in [7, 11) is 0. The summed E-state index contributed by atoms with van der Waals surface area (Å²) >= 11 is 6.03. The summed E-state index contributed by atoms with van der Waals surface area (Å²) < 4.78 is 0. The number of amides is 3. The molecule has 1 aliphatic heterocycles. The van der Waals surface area contributed by atoms with Gasteiger partial charge in [-0.2, -0.15) is 0 Å². The van der Waals surface area contributed by atoms with Crippen LogP contribution in [-0.2, 0) is 11.3 Å². The number of primary amides is 1. The lowest BCUT2D eigenvalue weighted by Crippen LogP contribution is -2.55. The standard InChI is InChI=1S/C18H27ClN4O2/c1-2-3-7-16(21-18(20)25)17(24)23-10-8-22(9-11-23)13-14-5-4-6-15(19)12-14/h4-6,12,16H,2-3,7-11,13H2,1H3,(H3,20,21,25). The Hall–Kier alpha value is -1.79. The first kappa shape index (κ1) is 19.5. The molecular formula is C18H27ClN4O2. The van der Waals surface area contributed by atoms with Crippen LogP contribution in [0.15, 0.2) is 24.3 Å². The molecule has 6 nitrogen and oxygen atoms in total. The number of benzene rings is 1. The largest absolute Gasteiger partial charge is 0.352 e. The average Bonchev–Trinajstić information content (AvgIpc) is 2.58. The van der Waals surface area contributed by atoms with E-state index in [2.05, 4.69) is 23.2 Å². The van der Waals surface area contributed by atoms with Crippen LogP contribution in [0.5, 0.6) is 0 Å². The summed E-state index contributed by atoms with van der Waals surface area (Å²) in [5.41, 5.74) is 6.38. The van der Waals surface area contributed by atoms with Gasteiger partial charge in [0.25, 0.3) is 0 Å². The first-order valence-corrected chi connectivity index (χ1v) is 9.19. The Kier molecular flexibility index (Phi) is 7.52. The Balaban J connectivity index is 1.86. The Morgan fingerprint density at radius 2 is 2.00 bits per heavy atom. The van der Waals surface area contributed by atoms with Crippen LogP contribution in [0.2, 0.25) is 5.02 Å². The van der Waals surface area contributed by atoms with Crippen LogP contribution in [0.4, 0.5) is 4.79 Å². The topological polar surface area (TPSA) is 78.7 Å². The lowest BCUT2D eigenvalue weighted by Gasteiger charge is -2.36. The number of halogens is 1. The van der Waals surface area contributed by atoms with E-state index in [0.29, 0.717) is 19.5 Å². The lowest BCUT2D eigenvalue weighted by molar-refractivity contribution is -0.135. The van der Waals surface area contributed by atoms with Gasteiger partial charge in [0.2, 0.25) is 5.91 Å². The van der Waals surface area contributed by atoms with E-state index in [-0.39, 0.29) is 5.91 Å². The molecule has 0 aliphatic carbocycles. The molecule has 0 bridgehead atoms. The molecule has 0 saturated carbocycles. The molecule has 0 radical (unpaired) electrons. The normalized spacial score (nSPS) is 16.5. The molecule has 1 fully saturated rings. The van der Waals surface area contributed by atoms with Gasteiger partial charge in [-0.1, -0.05) is 43.5 Å². The second-order valence-electron chi connectivity index (χ2n) is 6.43. The van der Waals surface area contributed by atoms with E-state index in [4.69, 9.17) is 17.3 Å². The number of nitrogens with one attached hydrogen (secondary N) is 1. The highest BCUT2D eigenvalue weighted by molar-refractivity contribution is 6.30. The predicted molar refractivity (Wildman–Crippen MR) is 99.3 cm³/mol. The van der Waals surface area contributed by atoms with E-state index in [0.717, 1.165) is 37.5 Å². The molecule has 1 saturated heterocycles. The van der Waals surface area contributed by atoms with Crippen molar-refractivity contribution in [3.8, 4) is 0 Å². The lowest BCUT2D eigenvalue weighted by atomic mass is 10.1. The number of hydrogen-bond donors (Lipinski definition) is 2. The summed E-state index contributed by atoms with van der Waals surface area (Å²) in [5.74, 6) is -0.0327. The fourth-order valence-corrected chi connectivity index (χ4v) is 3.29. The number of carbonyl (C=O) groups excluding carboxylic acids is 2. The third-order valence-electron chi connectivity index (χ3n) is 4.44. The van der Waals surface area contributed by atoms with Crippen molar-refractivity contribution in [2.24, 2.45) is 5.73 Å². The predicted octanol–water partition coefficient (Wildman–Crippen LogP) is 2.21. The monoisotopic (exact) mass is 366 g/mol. The van der Waals surface area contributed by atoms with Gasteiger partial charge in [-0.3, -0.25) is 9.69 Å². The van der Waals surface area contributed by atoms with Crippen molar-refractivity contribution in [2.45, 2.75) is 38.8 Å². The zero-order chi connectivity index (χ0) is 18.2. The van der Waals surface area contributed by atoms with Gasteiger partial charge in [-0.15, -0.1) is 0 Å². The minimum Gasteiger partial charge on any atom is -0.352 e. The highest BCUT2D eigenvalue weighted by atomic mass is 35.5. The fraction of sp³-hybridized carbons (Fsp3) is 0.556. The number of nitrogens with two attached hydrogens (primary N) is 1. The molecule has 2 rings (SSSR count). The molecule has 3 amide bonds. The van der Waals surface area contributed by atoms with Crippen molar-refractivity contribution in [3.63, 3.8) is 0 Å². The van der Waals surface area contributed by atoms with Gasteiger partial charge in [0.15, 0.2) is 0 Å². The van der Waals surface area contributed by atoms with Crippen LogP contribution >= 0.6 is 11.6 Å². The van der Waals surface area contributed by atoms with Crippen LogP contribution in [0, 0.1) is 0 Å². The van der Waals surface area contributed by atoms with Gasteiger partial charge < -0.3 is 16.0 Å². The minimum atomic E-state index is -0.644. The SMILES string of the molecule is CCCCC(NC(N)=O)C(=O)N1CCN(Cc2cccc(Cl)c2)CC1. The van der Waals surface area contributed by atoms with E-state index < -0.39 is 12.1 Å². The second-order valence-corrected chi connectivity index (χ2v) is 6.87. The number of piperazine rings is 1. The maximum Gasteiger partial charge on any atom is 0.312 e. The van der Waals surface area contributed by atoms with Crippen molar-refractivity contribution in [3.05, 3.63) is 34.9 Å².